The molecule has 1 atom stereocenters. The first kappa shape index (κ1) is 31.8. The highest BCUT2D eigenvalue weighted by Gasteiger charge is 2.33. The fourth-order valence-electron chi connectivity index (χ4n) is 4.86. The number of nitrogens with one attached hydrogen (secondary N) is 1. The van der Waals surface area contributed by atoms with Gasteiger partial charge in [0.25, 0.3) is 5.09 Å². The van der Waals surface area contributed by atoms with Gasteiger partial charge in [-0.15, -0.1) is 20.3 Å². The van der Waals surface area contributed by atoms with E-state index in [0.29, 0.717) is 29.8 Å². The number of nitrogens with zero attached hydrogens (tertiary/aromatic N) is 5. The molecule has 12 nitrogen and oxygen atoms in total. The van der Waals surface area contributed by atoms with Crippen molar-refractivity contribution in [1.82, 2.24) is 25.5 Å². The summed E-state index contributed by atoms with van der Waals surface area (Å²) in [6.45, 7) is 5.90. The smallest absolute Gasteiger partial charge is 0.329 e. The van der Waals surface area contributed by atoms with Gasteiger partial charge in [-0.1, -0.05) is 100.0 Å². The van der Waals surface area contributed by atoms with Crippen molar-refractivity contribution in [3.05, 3.63) is 99.6 Å². The van der Waals surface area contributed by atoms with Crippen LogP contribution in [0, 0.1) is 16.0 Å². The Morgan fingerprint density at radius 2 is 1.57 bits per heavy atom. The minimum Gasteiger partial charge on any atom is -0.459 e. The topological polar surface area (TPSA) is 153 Å². The molecule has 0 fully saturated rings. The number of ether oxygens (including phenoxy) is 1. The number of H-pyrrole nitrogens is 1. The summed E-state index contributed by atoms with van der Waals surface area (Å²) in [4.78, 5) is 43.4. The van der Waals surface area contributed by atoms with Crippen LogP contribution in [0.2, 0.25) is 0 Å². The van der Waals surface area contributed by atoms with Crippen LogP contribution in [0.25, 0.3) is 22.5 Å². The van der Waals surface area contributed by atoms with Gasteiger partial charge in [-0.2, -0.15) is 5.21 Å². The van der Waals surface area contributed by atoms with Crippen molar-refractivity contribution < 1.29 is 24.3 Å². The normalized spacial score (nSPS) is 11.6. The first-order chi connectivity index (χ1) is 21.3. The Balaban J connectivity index is 1.50. The van der Waals surface area contributed by atoms with Crippen LogP contribution in [0.4, 0.5) is 0 Å². The summed E-state index contributed by atoms with van der Waals surface area (Å²) in [5.74, 6) is -0.299. The number of amides is 1. The van der Waals surface area contributed by atoms with Crippen molar-refractivity contribution in [2.45, 2.75) is 65.8 Å². The zero-order valence-electron chi connectivity index (χ0n) is 25.0. The molecule has 0 aliphatic rings. The Bertz CT molecular complexity index is 1520. The highest BCUT2D eigenvalue weighted by Crippen LogP contribution is 2.30. The van der Waals surface area contributed by atoms with E-state index < -0.39 is 17.1 Å². The molecule has 4 aromatic rings. The fraction of sp³-hybridized carbons (Fsp3) is 0.344. The van der Waals surface area contributed by atoms with Crippen LogP contribution in [-0.2, 0) is 38.9 Å². The van der Waals surface area contributed by atoms with Gasteiger partial charge in [-0.25, -0.2) is 4.79 Å². The van der Waals surface area contributed by atoms with Gasteiger partial charge in [0.05, 0.1) is 0 Å². The molecule has 0 aliphatic heterocycles. The number of unbranched alkanes of at least 4 members (excludes halogenated alkanes) is 1. The third-order valence-corrected chi connectivity index (χ3v) is 7.15. The molecule has 0 aliphatic carbocycles. The number of esters is 1. The molecule has 0 bridgehead atoms. The van der Waals surface area contributed by atoms with Gasteiger partial charge in [0.15, 0.2) is 0 Å². The van der Waals surface area contributed by atoms with Crippen molar-refractivity contribution in [3.63, 3.8) is 0 Å². The molecule has 12 heteroatoms. The first-order valence-electron chi connectivity index (χ1n) is 14.5. The number of tetrazole rings is 1. The number of hydrogen-bond donors (Lipinski definition) is 1. The molecular weight excluding hydrogens is 564 g/mol. The highest BCUT2D eigenvalue weighted by molar-refractivity contribution is 5.85. The second-order valence-corrected chi connectivity index (χ2v) is 10.7. The summed E-state index contributed by atoms with van der Waals surface area (Å²) in [5.41, 5.74) is 4.95. The molecule has 0 spiro atoms. The fourth-order valence-corrected chi connectivity index (χ4v) is 4.86. The van der Waals surface area contributed by atoms with E-state index >= 15 is 0 Å². The predicted molar refractivity (Wildman–Crippen MR) is 162 cm³/mol. The lowest BCUT2D eigenvalue weighted by molar-refractivity contribution is -0.763. The van der Waals surface area contributed by atoms with Crippen LogP contribution in [0.3, 0.4) is 0 Å². The third kappa shape index (κ3) is 8.46. The molecule has 44 heavy (non-hydrogen) atoms. The van der Waals surface area contributed by atoms with Gasteiger partial charge in [0, 0.05) is 18.5 Å². The Morgan fingerprint density at radius 3 is 2.16 bits per heavy atom. The molecule has 0 radical (unpaired) electrons. The van der Waals surface area contributed by atoms with Gasteiger partial charge in [-0.3, -0.25) is 4.79 Å². The summed E-state index contributed by atoms with van der Waals surface area (Å²) in [7, 11) is 0. The molecule has 1 amide bonds. The minimum atomic E-state index is -0.846. The van der Waals surface area contributed by atoms with Crippen LogP contribution in [0.1, 0.15) is 56.7 Å². The van der Waals surface area contributed by atoms with Crippen molar-refractivity contribution in [3.8, 4) is 22.5 Å². The molecule has 0 saturated carbocycles. The van der Waals surface area contributed by atoms with E-state index in [9.17, 15) is 19.7 Å². The van der Waals surface area contributed by atoms with Crippen molar-refractivity contribution >= 4 is 11.9 Å². The number of rotatable bonds is 15. The first-order valence-corrected chi connectivity index (χ1v) is 14.5. The molecule has 0 saturated heterocycles. The Labute approximate surface area is 255 Å². The van der Waals surface area contributed by atoms with Crippen LogP contribution < -0.4 is 0 Å². The quantitative estimate of drug-likeness (QED) is 0.105. The summed E-state index contributed by atoms with van der Waals surface area (Å²) in [6.07, 6.45) is 1.90. The summed E-state index contributed by atoms with van der Waals surface area (Å²) < 4.78 is 5.70. The number of hydrogen-bond acceptors (Lipinski definition) is 9. The SMILES string of the molecule is CCCCC(=O)N(Cc1ccc(-c2ccccc2-c2nn[nH]n2)cc1)[C@H](C(=O)OCc1ccc(CO[N+](=O)[O-])cc1)C(C)C. The van der Waals surface area contributed by atoms with Gasteiger partial charge < -0.3 is 14.5 Å². The van der Waals surface area contributed by atoms with Gasteiger partial charge >= 0.3 is 5.97 Å². The minimum absolute atomic E-state index is 0.00387. The Kier molecular flexibility index (Phi) is 11.1. The molecule has 230 valence electrons. The van der Waals surface area contributed by atoms with Gasteiger partial charge in [0.1, 0.15) is 19.3 Å². The van der Waals surface area contributed by atoms with E-state index in [-0.39, 0.29) is 31.6 Å². The van der Waals surface area contributed by atoms with E-state index in [1.807, 2.05) is 69.3 Å². The molecular formula is C32H36N6O6. The van der Waals surface area contributed by atoms with E-state index in [2.05, 4.69) is 25.5 Å². The average molecular weight is 601 g/mol. The largest absolute Gasteiger partial charge is 0.459 e. The monoisotopic (exact) mass is 600 g/mol. The second kappa shape index (κ2) is 15.4. The predicted octanol–water partition coefficient (Wildman–Crippen LogP) is 5.53. The number of benzene rings is 3. The molecule has 1 aromatic heterocycles. The Morgan fingerprint density at radius 1 is 0.932 bits per heavy atom. The zero-order chi connectivity index (χ0) is 31.5. The lowest BCUT2D eigenvalue weighted by Gasteiger charge is -2.33. The summed E-state index contributed by atoms with van der Waals surface area (Å²) >= 11 is 0. The standard InChI is InChI=1S/C32H36N6O6/c1-4-5-10-29(39)37(30(22(2)3)32(40)43-20-24-11-13-25(14-12-24)21-44-38(41)42)19-23-15-17-26(18-16-23)27-8-6-7-9-28(27)31-33-35-36-34-31/h6-9,11-18,22,30H,4-5,10,19-21H2,1-3H3,(H,33,34,35,36)/t30-/m0/s1. The molecule has 4 rings (SSSR count). The maximum Gasteiger partial charge on any atom is 0.329 e. The summed E-state index contributed by atoms with van der Waals surface area (Å²) in [5, 5.41) is 24.0. The number of carbonyl (C=O) groups excluding carboxylic acids is 2. The van der Waals surface area contributed by atoms with Crippen molar-refractivity contribution in [1.29, 1.82) is 0 Å². The van der Waals surface area contributed by atoms with Crippen LogP contribution >= 0.6 is 0 Å². The summed E-state index contributed by atoms with van der Waals surface area (Å²) in [6, 6.07) is 21.7. The molecule has 0 unspecified atom stereocenters. The van der Waals surface area contributed by atoms with Crippen LogP contribution in [0.5, 0.6) is 0 Å². The van der Waals surface area contributed by atoms with Crippen molar-refractivity contribution in [2.24, 2.45) is 5.92 Å². The van der Waals surface area contributed by atoms with E-state index in [4.69, 9.17) is 4.74 Å². The number of aromatic amines is 1. The van der Waals surface area contributed by atoms with Crippen LogP contribution in [0.15, 0.2) is 72.8 Å². The Hall–Kier alpha value is -5.13. The van der Waals surface area contributed by atoms with Crippen molar-refractivity contribution in [2.75, 3.05) is 0 Å². The van der Waals surface area contributed by atoms with E-state index in [1.165, 1.54) is 0 Å². The van der Waals surface area contributed by atoms with Gasteiger partial charge in [-0.05, 0) is 45.4 Å². The van der Waals surface area contributed by atoms with Crippen LogP contribution in [-0.4, -0.2) is 48.5 Å². The lowest BCUT2D eigenvalue weighted by atomic mass is 9.97. The molecule has 1 N–H and O–H groups in total. The van der Waals surface area contributed by atoms with E-state index in [1.54, 1.807) is 29.2 Å². The van der Waals surface area contributed by atoms with E-state index in [0.717, 1.165) is 28.7 Å². The maximum atomic E-state index is 13.5. The van der Waals surface area contributed by atoms with Gasteiger partial charge in [0.2, 0.25) is 11.7 Å². The number of carbonyl (C=O) groups is 2. The second-order valence-electron chi connectivity index (χ2n) is 10.7. The molecule has 3 aromatic carbocycles. The zero-order valence-corrected chi connectivity index (χ0v) is 25.0. The molecule has 1 heterocycles. The highest BCUT2D eigenvalue weighted by atomic mass is 16.9. The average Bonchev–Trinajstić information content (AvgIpc) is 3.57. The maximum absolute atomic E-state index is 13.5. The number of aromatic nitrogens is 4. The lowest BCUT2D eigenvalue weighted by Crippen LogP contribution is -2.48. The third-order valence-electron chi connectivity index (χ3n) is 7.15.